The van der Waals surface area contributed by atoms with Crippen LogP contribution in [0.1, 0.15) is 87.6 Å². The van der Waals surface area contributed by atoms with E-state index in [2.05, 4.69) is 19.9 Å². The number of hydrogen-bond donors (Lipinski definition) is 0. The fourth-order valence-corrected chi connectivity index (χ4v) is 3.60. The highest BCUT2D eigenvalue weighted by atomic mass is 16.5. The Kier molecular flexibility index (Phi) is 7.50. The van der Waals surface area contributed by atoms with E-state index in [-0.39, 0.29) is 17.5 Å². The first-order valence-corrected chi connectivity index (χ1v) is 9.83. The number of ether oxygens (including phenoxy) is 1. The van der Waals surface area contributed by atoms with Gasteiger partial charge in [0.25, 0.3) is 0 Å². The second kappa shape index (κ2) is 9.61. The van der Waals surface area contributed by atoms with Crippen molar-refractivity contribution in [2.75, 3.05) is 0 Å². The lowest BCUT2D eigenvalue weighted by Gasteiger charge is -2.34. The van der Waals surface area contributed by atoms with Crippen LogP contribution in [0.25, 0.3) is 0 Å². The fourth-order valence-electron chi connectivity index (χ4n) is 3.60. The zero-order chi connectivity index (χ0) is 18.1. The lowest BCUT2D eigenvalue weighted by atomic mass is 9.71. The minimum absolute atomic E-state index is 0.0460. The van der Waals surface area contributed by atoms with Crippen molar-refractivity contribution >= 4 is 5.97 Å². The Morgan fingerprint density at radius 1 is 1.16 bits per heavy atom. The molecule has 0 unspecified atom stereocenters. The lowest BCUT2D eigenvalue weighted by molar-refractivity contribution is 0.0105. The van der Waals surface area contributed by atoms with Crippen LogP contribution in [0, 0.1) is 16.7 Å². The van der Waals surface area contributed by atoms with Gasteiger partial charge in [-0.3, -0.25) is 0 Å². The van der Waals surface area contributed by atoms with Crippen molar-refractivity contribution in [2.45, 2.75) is 84.2 Å². The molecule has 0 N–H and O–H groups in total. The molecule has 1 saturated carbocycles. The number of carbonyl (C=O) groups excluding carboxylic acids is 1. The van der Waals surface area contributed by atoms with Crippen molar-refractivity contribution in [3.05, 3.63) is 35.4 Å². The van der Waals surface area contributed by atoms with Crippen LogP contribution in [0.3, 0.4) is 0 Å². The summed E-state index contributed by atoms with van der Waals surface area (Å²) in [4.78, 5) is 12.4. The Morgan fingerprint density at radius 3 is 2.36 bits per heavy atom. The summed E-state index contributed by atoms with van der Waals surface area (Å²) < 4.78 is 5.69. The van der Waals surface area contributed by atoms with Crippen molar-refractivity contribution in [3.8, 4) is 6.07 Å². The van der Waals surface area contributed by atoms with Crippen LogP contribution < -0.4 is 0 Å². The molecule has 0 radical (unpaired) electrons. The van der Waals surface area contributed by atoms with Crippen molar-refractivity contribution in [3.63, 3.8) is 0 Å². The van der Waals surface area contributed by atoms with E-state index in [1.54, 1.807) is 0 Å². The van der Waals surface area contributed by atoms with Crippen LogP contribution in [0.5, 0.6) is 0 Å². The van der Waals surface area contributed by atoms with E-state index in [9.17, 15) is 10.1 Å². The maximum atomic E-state index is 12.4. The van der Waals surface area contributed by atoms with Crippen LogP contribution in [0.15, 0.2) is 24.3 Å². The van der Waals surface area contributed by atoms with Crippen molar-refractivity contribution in [2.24, 2.45) is 5.41 Å². The molecule has 3 nitrogen and oxygen atoms in total. The quantitative estimate of drug-likeness (QED) is 0.559. The van der Waals surface area contributed by atoms with Crippen LogP contribution in [-0.4, -0.2) is 12.1 Å². The second-order valence-electron chi connectivity index (χ2n) is 7.40. The Bertz CT molecular complexity index is 577. The largest absolute Gasteiger partial charge is 0.459 e. The molecule has 0 aromatic heterocycles. The van der Waals surface area contributed by atoms with Crippen LogP contribution in [0.4, 0.5) is 0 Å². The summed E-state index contributed by atoms with van der Waals surface area (Å²) in [5.41, 5.74) is 1.70. The topological polar surface area (TPSA) is 50.1 Å². The third-order valence-corrected chi connectivity index (χ3v) is 5.42. The Labute approximate surface area is 152 Å². The first kappa shape index (κ1) is 19.5. The molecule has 1 aliphatic carbocycles. The average Bonchev–Trinajstić information content (AvgIpc) is 2.66. The van der Waals surface area contributed by atoms with E-state index in [1.807, 2.05) is 24.3 Å². The third-order valence-electron chi connectivity index (χ3n) is 5.42. The monoisotopic (exact) mass is 341 g/mol. The third kappa shape index (κ3) is 5.59. The highest BCUT2D eigenvalue weighted by molar-refractivity contribution is 5.89. The number of nitrogens with zero attached hydrogens (tertiary/aromatic N) is 1. The highest BCUT2D eigenvalue weighted by Gasteiger charge is 2.36. The van der Waals surface area contributed by atoms with Crippen molar-refractivity contribution in [1.82, 2.24) is 0 Å². The average molecular weight is 341 g/mol. The predicted octanol–water partition coefficient (Wildman–Crippen LogP) is 5.83. The number of unbranched alkanes of at least 4 members (excludes halogenated alkanes) is 2. The van der Waals surface area contributed by atoms with Gasteiger partial charge < -0.3 is 4.74 Å². The molecule has 136 valence electrons. The van der Waals surface area contributed by atoms with Gasteiger partial charge in [-0.05, 0) is 62.6 Å². The molecule has 3 heteroatoms. The van der Waals surface area contributed by atoms with Gasteiger partial charge in [0.05, 0.1) is 17.0 Å². The number of benzene rings is 1. The molecule has 0 amide bonds. The molecule has 1 aliphatic rings. The van der Waals surface area contributed by atoms with E-state index < -0.39 is 0 Å². The summed E-state index contributed by atoms with van der Waals surface area (Å²) in [5.74, 6) is -0.231. The molecular formula is C22H31NO2. The SMILES string of the molecule is CCCCc1ccc(C(=O)O[C@H]2CC[C@@](C#N)(CCCC)CC2)cc1. The molecule has 0 atom stereocenters. The van der Waals surface area contributed by atoms with Gasteiger partial charge in [-0.1, -0.05) is 45.2 Å². The maximum absolute atomic E-state index is 12.4. The van der Waals surface area contributed by atoms with Gasteiger partial charge >= 0.3 is 5.97 Å². The van der Waals surface area contributed by atoms with Gasteiger partial charge in [0.1, 0.15) is 6.10 Å². The number of esters is 1. The van der Waals surface area contributed by atoms with E-state index in [1.165, 1.54) is 18.4 Å². The van der Waals surface area contributed by atoms with Gasteiger partial charge in [-0.2, -0.15) is 5.26 Å². The Morgan fingerprint density at radius 2 is 1.80 bits per heavy atom. The normalized spacial score (nSPS) is 23.0. The number of rotatable bonds is 8. The molecule has 1 aromatic carbocycles. The maximum Gasteiger partial charge on any atom is 0.338 e. The van der Waals surface area contributed by atoms with Gasteiger partial charge in [0.15, 0.2) is 0 Å². The molecule has 0 spiro atoms. The molecule has 0 heterocycles. The van der Waals surface area contributed by atoms with E-state index in [0.717, 1.165) is 51.4 Å². The molecule has 1 fully saturated rings. The Hall–Kier alpha value is -1.82. The number of carbonyl (C=O) groups is 1. The molecule has 0 saturated heterocycles. The molecule has 1 aromatic rings. The molecule has 0 bridgehead atoms. The zero-order valence-corrected chi connectivity index (χ0v) is 15.7. The minimum atomic E-state index is -0.231. The molecular weight excluding hydrogens is 310 g/mol. The number of aryl methyl sites for hydroxylation is 1. The lowest BCUT2D eigenvalue weighted by Crippen LogP contribution is -2.31. The molecule has 0 aliphatic heterocycles. The summed E-state index contributed by atoms with van der Waals surface area (Å²) in [7, 11) is 0. The zero-order valence-electron chi connectivity index (χ0n) is 15.7. The summed E-state index contributed by atoms with van der Waals surface area (Å²) in [6.07, 6.45) is 9.85. The van der Waals surface area contributed by atoms with Crippen molar-refractivity contribution < 1.29 is 9.53 Å². The van der Waals surface area contributed by atoms with E-state index in [4.69, 9.17) is 4.74 Å². The summed E-state index contributed by atoms with van der Waals surface area (Å²) in [6.45, 7) is 4.34. The van der Waals surface area contributed by atoms with Gasteiger partial charge in [0.2, 0.25) is 0 Å². The first-order chi connectivity index (χ1) is 12.1. The van der Waals surface area contributed by atoms with Crippen LogP contribution >= 0.6 is 0 Å². The van der Waals surface area contributed by atoms with Gasteiger partial charge in [-0.25, -0.2) is 4.79 Å². The summed E-state index contributed by atoms with van der Waals surface area (Å²) in [6, 6.07) is 10.3. The Balaban J connectivity index is 1.84. The smallest absolute Gasteiger partial charge is 0.338 e. The molecule has 2 rings (SSSR count). The minimum Gasteiger partial charge on any atom is -0.459 e. The summed E-state index contributed by atoms with van der Waals surface area (Å²) >= 11 is 0. The highest BCUT2D eigenvalue weighted by Crippen LogP contribution is 2.41. The van der Waals surface area contributed by atoms with E-state index in [0.29, 0.717) is 5.56 Å². The van der Waals surface area contributed by atoms with Crippen molar-refractivity contribution in [1.29, 1.82) is 5.26 Å². The van der Waals surface area contributed by atoms with Gasteiger partial charge in [-0.15, -0.1) is 0 Å². The standard InChI is InChI=1S/C22H31NO2/c1-3-5-7-18-8-10-19(11-9-18)21(24)25-20-12-15-22(17-23,16-13-20)14-6-4-2/h8-11,20H,3-7,12-16H2,1-2H3/t20-,22-. The second-order valence-corrected chi connectivity index (χ2v) is 7.40. The number of nitriles is 1. The summed E-state index contributed by atoms with van der Waals surface area (Å²) in [5, 5.41) is 9.54. The van der Waals surface area contributed by atoms with Crippen LogP contribution in [0.2, 0.25) is 0 Å². The first-order valence-electron chi connectivity index (χ1n) is 9.83. The van der Waals surface area contributed by atoms with Crippen LogP contribution in [-0.2, 0) is 11.2 Å². The predicted molar refractivity (Wildman–Crippen MR) is 100 cm³/mol. The number of hydrogen-bond acceptors (Lipinski definition) is 3. The fraction of sp³-hybridized carbons (Fsp3) is 0.636. The van der Waals surface area contributed by atoms with Gasteiger partial charge in [0, 0.05) is 0 Å². The van der Waals surface area contributed by atoms with E-state index >= 15 is 0 Å². The molecule has 25 heavy (non-hydrogen) atoms.